The Labute approximate surface area is 115 Å². The lowest BCUT2D eigenvalue weighted by atomic mass is 10.0. The maximum absolute atomic E-state index is 13.8. The molecule has 1 aliphatic rings. The monoisotopic (exact) mass is 281 g/mol. The molecule has 6 heteroatoms. The van der Waals surface area contributed by atoms with E-state index in [1.54, 1.807) is 0 Å². The molecule has 108 valence electrons. The predicted molar refractivity (Wildman–Crippen MR) is 69.2 cm³/mol. The maximum atomic E-state index is 13.8. The molecule has 2 atom stereocenters. The molecule has 0 radical (unpaired) electrons. The van der Waals surface area contributed by atoms with Gasteiger partial charge in [-0.15, -0.1) is 0 Å². The van der Waals surface area contributed by atoms with Crippen molar-refractivity contribution in [2.45, 2.75) is 25.3 Å². The molecule has 0 heterocycles. The molecule has 0 spiro atoms. The molecule has 2 N–H and O–H groups in total. The summed E-state index contributed by atoms with van der Waals surface area (Å²) >= 11 is 0. The van der Waals surface area contributed by atoms with Crippen LogP contribution in [-0.4, -0.2) is 30.1 Å². The molecule has 0 aliphatic heterocycles. The number of carboxylic acids is 1. The van der Waals surface area contributed by atoms with E-state index in [9.17, 15) is 14.0 Å². The fraction of sp³-hybridized carbons (Fsp3) is 0.429. The fourth-order valence-electron chi connectivity index (χ4n) is 2.56. The summed E-state index contributed by atoms with van der Waals surface area (Å²) in [6.07, 6.45) is 1.84. The molecular weight excluding hydrogens is 265 g/mol. The van der Waals surface area contributed by atoms with Crippen LogP contribution in [0, 0.1) is 11.7 Å². The third-order valence-corrected chi connectivity index (χ3v) is 3.57. The number of carbonyl (C=O) groups excluding carboxylic acids is 1. The van der Waals surface area contributed by atoms with E-state index in [2.05, 4.69) is 5.32 Å². The summed E-state index contributed by atoms with van der Waals surface area (Å²) in [6.45, 7) is 0. The molecule has 0 saturated heterocycles. The minimum atomic E-state index is -0.937. The number of ether oxygens (including phenoxy) is 1. The van der Waals surface area contributed by atoms with Crippen molar-refractivity contribution in [2.24, 2.45) is 5.92 Å². The van der Waals surface area contributed by atoms with Crippen LogP contribution in [0.2, 0.25) is 0 Å². The van der Waals surface area contributed by atoms with E-state index in [0.29, 0.717) is 12.8 Å². The molecule has 0 bridgehead atoms. The van der Waals surface area contributed by atoms with Crippen LogP contribution >= 0.6 is 0 Å². The molecule has 1 amide bonds. The summed E-state index contributed by atoms with van der Waals surface area (Å²) in [4.78, 5) is 23.2. The third-order valence-electron chi connectivity index (χ3n) is 3.57. The molecule has 1 aromatic carbocycles. The topological polar surface area (TPSA) is 75.6 Å². The number of methoxy groups -OCH3 is 1. The van der Waals surface area contributed by atoms with E-state index in [4.69, 9.17) is 9.84 Å². The highest BCUT2D eigenvalue weighted by atomic mass is 19.1. The van der Waals surface area contributed by atoms with E-state index in [1.807, 2.05) is 0 Å². The van der Waals surface area contributed by atoms with Crippen LogP contribution in [0.25, 0.3) is 0 Å². The lowest BCUT2D eigenvalue weighted by Gasteiger charge is -2.18. The average Bonchev–Trinajstić information content (AvgIpc) is 2.86. The number of hydrogen-bond donors (Lipinski definition) is 2. The summed E-state index contributed by atoms with van der Waals surface area (Å²) in [5, 5.41) is 11.7. The first-order valence-electron chi connectivity index (χ1n) is 6.40. The maximum Gasteiger partial charge on any atom is 0.308 e. The Morgan fingerprint density at radius 1 is 1.40 bits per heavy atom. The largest absolute Gasteiger partial charge is 0.496 e. The summed E-state index contributed by atoms with van der Waals surface area (Å²) in [7, 11) is 1.35. The number of aliphatic carboxylic acids is 1. The predicted octanol–water partition coefficient (Wildman–Crippen LogP) is 1.82. The van der Waals surface area contributed by atoms with Crippen LogP contribution in [0.5, 0.6) is 5.75 Å². The van der Waals surface area contributed by atoms with Crippen LogP contribution in [0.4, 0.5) is 4.39 Å². The van der Waals surface area contributed by atoms with Gasteiger partial charge in [-0.2, -0.15) is 0 Å². The lowest BCUT2D eigenvalue weighted by molar-refractivity contribution is -0.142. The number of amides is 1. The molecule has 2 unspecified atom stereocenters. The van der Waals surface area contributed by atoms with Gasteiger partial charge in [-0.25, -0.2) is 4.39 Å². The number of carboxylic acid groups (broad SMARTS) is 1. The smallest absolute Gasteiger partial charge is 0.308 e. The van der Waals surface area contributed by atoms with Crippen molar-refractivity contribution in [1.29, 1.82) is 0 Å². The van der Waals surface area contributed by atoms with Crippen LogP contribution in [-0.2, 0) is 4.79 Å². The second-order valence-corrected chi connectivity index (χ2v) is 4.77. The molecule has 20 heavy (non-hydrogen) atoms. The quantitative estimate of drug-likeness (QED) is 0.882. The molecule has 2 rings (SSSR count). The first-order chi connectivity index (χ1) is 9.54. The molecule has 1 aliphatic carbocycles. The van der Waals surface area contributed by atoms with Gasteiger partial charge in [0.2, 0.25) is 0 Å². The summed E-state index contributed by atoms with van der Waals surface area (Å²) in [5.74, 6) is -2.75. The highest BCUT2D eigenvalue weighted by Crippen LogP contribution is 2.27. The second-order valence-electron chi connectivity index (χ2n) is 4.77. The van der Waals surface area contributed by atoms with E-state index in [0.717, 1.165) is 6.42 Å². The first-order valence-corrected chi connectivity index (χ1v) is 6.40. The zero-order valence-electron chi connectivity index (χ0n) is 11.1. The Morgan fingerprint density at radius 3 is 2.80 bits per heavy atom. The van der Waals surface area contributed by atoms with Crippen molar-refractivity contribution in [3.05, 3.63) is 29.6 Å². The third kappa shape index (κ3) is 2.74. The van der Waals surface area contributed by atoms with Crippen molar-refractivity contribution in [3.63, 3.8) is 0 Å². The highest BCUT2D eigenvalue weighted by molar-refractivity contribution is 5.97. The molecule has 1 aromatic rings. The zero-order valence-corrected chi connectivity index (χ0v) is 11.1. The van der Waals surface area contributed by atoms with Crippen molar-refractivity contribution in [2.75, 3.05) is 7.11 Å². The van der Waals surface area contributed by atoms with Crippen molar-refractivity contribution >= 4 is 11.9 Å². The molecule has 1 saturated carbocycles. The van der Waals surface area contributed by atoms with Crippen LogP contribution in [0.1, 0.15) is 29.6 Å². The van der Waals surface area contributed by atoms with Crippen LogP contribution < -0.4 is 10.1 Å². The zero-order chi connectivity index (χ0) is 14.7. The van der Waals surface area contributed by atoms with E-state index < -0.39 is 29.7 Å². The Balaban J connectivity index is 2.18. The lowest BCUT2D eigenvalue weighted by Crippen LogP contribution is -2.40. The van der Waals surface area contributed by atoms with Gasteiger partial charge in [0.15, 0.2) is 0 Å². The number of carbonyl (C=O) groups is 2. The van der Waals surface area contributed by atoms with Gasteiger partial charge < -0.3 is 15.2 Å². The molecule has 5 nitrogen and oxygen atoms in total. The molecule has 1 fully saturated rings. The van der Waals surface area contributed by atoms with E-state index >= 15 is 0 Å². The molecule has 0 aromatic heterocycles. The standard InChI is InChI=1S/C14H16FNO4/c1-20-11-7-3-5-9(15)12(11)13(17)16-10-6-2-4-8(10)14(18)19/h3,5,7-8,10H,2,4,6H2,1H3,(H,16,17)(H,18,19). The van der Waals surface area contributed by atoms with Gasteiger partial charge in [0.25, 0.3) is 5.91 Å². The SMILES string of the molecule is COc1cccc(F)c1C(=O)NC1CCCC1C(=O)O. The van der Waals surface area contributed by atoms with Gasteiger partial charge in [0, 0.05) is 6.04 Å². The summed E-state index contributed by atoms with van der Waals surface area (Å²) < 4.78 is 18.7. The van der Waals surface area contributed by atoms with Crippen molar-refractivity contribution < 1.29 is 23.8 Å². The second kappa shape index (κ2) is 5.90. The first kappa shape index (κ1) is 14.3. The number of halogens is 1. The van der Waals surface area contributed by atoms with Crippen LogP contribution in [0.3, 0.4) is 0 Å². The highest BCUT2D eigenvalue weighted by Gasteiger charge is 2.34. The van der Waals surface area contributed by atoms with Crippen LogP contribution in [0.15, 0.2) is 18.2 Å². The van der Waals surface area contributed by atoms with Gasteiger partial charge in [-0.1, -0.05) is 12.5 Å². The Bertz CT molecular complexity index is 532. The normalized spacial score (nSPS) is 21.5. The Morgan fingerprint density at radius 2 is 2.15 bits per heavy atom. The summed E-state index contributed by atoms with van der Waals surface area (Å²) in [5.41, 5.74) is -0.189. The minimum absolute atomic E-state index is 0.132. The number of benzene rings is 1. The van der Waals surface area contributed by atoms with Gasteiger partial charge in [-0.05, 0) is 25.0 Å². The Hall–Kier alpha value is -2.11. The number of nitrogens with one attached hydrogen (secondary N) is 1. The van der Waals surface area contributed by atoms with Crippen molar-refractivity contribution in [3.8, 4) is 5.75 Å². The van der Waals surface area contributed by atoms with Gasteiger partial charge in [-0.3, -0.25) is 9.59 Å². The van der Waals surface area contributed by atoms with Gasteiger partial charge >= 0.3 is 5.97 Å². The molecular formula is C14H16FNO4. The van der Waals surface area contributed by atoms with Gasteiger partial charge in [0.05, 0.1) is 13.0 Å². The van der Waals surface area contributed by atoms with Crippen molar-refractivity contribution in [1.82, 2.24) is 5.32 Å². The number of rotatable bonds is 4. The minimum Gasteiger partial charge on any atom is -0.496 e. The number of hydrogen-bond acceptors (Lipinski definition) is 3. The average molecular weight is 281 g/mol. The summed E-state index contributed by atoms with van der Waals surface area (Å²) in [6, 6.07) is 3.63. The van der Waals surface area contributed by atoms with E-state index in [-0.39, 0.29) is 11.3 Å². The van der Waals surface area contributed by atoms with E-state index in [1.165, 1.54) is 25.3 Å². The Kier molecular flexibility index (Phi) is 4.22. The van der Waals surface area contributed by atoms with Gasteiger partial charge in [0.1, 0.15) is 17.1 Å². The fourth-order valence-corrected chi connectivity index (χ4v) is 2.56.